The van der Waals surface area contributed by atoms with Gasteiger partial charge in [0.15, 0.2) is 0 Å². The average Bonchev–Trinajstić information content (AvgIpc) is 3.10. The van der Waals surface area contributed by atoms with E-state index in [0.717, 1.165) is 22.0 Å². The van der Waals surface area contributed by atoms with E-state index in [1.165, 1.54) is 11.3 Å². The van der Waals surface area contributed by atoms with Gasteiger partial charge >= 0.3 is 0 Å². The van der Waals surface area contributed by atoms with Crippen molar-refractivity contribution in [3.8, 4) is 0 Å². The van der Waals surface area contributed by atoms with Crippen LogP contribution in [0.1, 0.15) is 21.9 Å². The Kier molecular flexibility index (Phi) is 6.06. The lowest BCUT2D eigenvalue weighted by Crippen LogP contribution is -2.34. The maximum absolute atomic E-state index is 12.3. The maximum atomic E-state index is 12.3. The molecule has 0 bridgehead atoms. The van der Waals surface area contributed by atoms with E-state index in [0.29, 0.717) is 31.1 Å². The highest BCUT2D eigenvalue weighted by Gasteiger charge is 2.25. The minimum Gasteiger partial charge on any atom is -0.385 e. The number of hydrogen-bond acceptors (Lipinski definition) is 6. The van der Waals surface area contributed by atoms with Gasteiger partial charge in [-0.05, 0) is 18.6 Å². The van der Waals surface area contributed by atoms with E-state index in [1.807, 2.05) is 24.3 Å². The summed E-state index contributed by atoms with van der Waals surface area (Å²) in [5.41, 5.74) is 1.30. The Morgan fingerprint density at radius 2 is 2.24 bits per heavy atom. The summed E-state index contributed by atoms with van der Waals surface area (Å²) in [4.78, 5) is 31.6. The number of methoxy groups -OCH3 is 1. The van der Waals surface area contributed by atoms with E-state index in [9.17, 15) is 9.59 Å². The van der Waals surface area contributed by atoms with Crippen LogP contribution in [0.15, 0.2) is 34.5 Å². The van der Waals surface area contributed by atoms with Crippen LogP contribution in [0.3, 0.4) is 0 Å². The smallest absolute Gasteiger partial charge is 0.270 e. The van der Waals surface area contributed by atoms with E-state index < -0.39 is 0 Å². The van der Waals surface area contributed by atoms with Crippen LogP contribution >= 0.6 is 23.1 Å². The molecule has 0 radical (unpaired) electrons. The van der Waals surface area contributed by atoms with Gasteiger partial charge in [-0.2, -0.15) is 0 Å². The number of amides is 2. The van der Waals surface area contributed by atoms with Crippen molar-refractivity contribution in [2.24, 2.45) is 0 Å². The first kappa shape index (κ1) is 17.9. The summed E-state index contributed by atoms with van der Waals surface area (Å²) >= 11 is 2.95. The van der Waals surface area contributed by atoms with Crippen molar-refractivity contribution in [2.75, 3.05) is 30.9 Å². The van der Waals surface area contributed by atoms with Gasteiger partial charge in [-0.25, -0.2) is 4.98 Å². The number of thiazole rings is 1. The molecule has 132 valence electrons. The van der Waals surface area contributed by atoms with Gasteiger partial charge in [0.1, 0.15) is 10.7 Å². The zero-order valence-electron chi connectivity index (χ0n) is 13.9. The Hall–Kier alpha value is -1.90. The molecule has 1 aromatic heterocycles. The minimum atomic E-state index is -0.195. The van der Waals surface area contributed by atoms with Crippen LogP contribution in [-0.4, -0.2) is 42.8 Å². The highest BCUT2D eigenvalue weighted by molar-refractivity contribution is 8.00. The van der Waals surface area contributed by atoms with E-state index in [4.69, 9.17) is 4.74 Å². The lowest BCUT2D eigenvalue weighted by Gasteiger charge is -2.28. The number of para-hydroxylation sites is 1. The Morgan fingerprint density at radius 3 is 3.08 bits per heavy atom. The maximum Gasteiger partial charge on any atom is 0.270 e. The largest absolute Gasteiger partial charge is 0.385 e. The number of hydrogen-bond donors (Lipinski definition) is 1. The third kappa shape index (κ3) is 4.39. The number of nitrogens with zero attached hydrogens (tertiary/aromatic N) is 2. The van der Waals surface area contributed by atoms with Crippen LogP contribution in [0.25, 0.3) is 0 Å². The van der Waals surface area contributed by atoms with Crippen molar-refractivity contribution < 1.29 is 14.3 Å². The second kappa shape index (κ2) is 8.46. The zero-order valence-corrected chi connectivity index (χ0v) is 15.5. The Labute approximate surface area is 154 Å². The van der Waals surface area contributed by atoms with Crippen molar-refractivity contribution in [3.05, 3.63) is 40.3 Å². The average molecular weight is 377 g/mol. The van der Waals surface area contributed by atoms with Crippen molar-refractivity contribution in [1.82, 2.24) is 10.3 Å². The summed E-state index contributed by atoms with van der Waals surface area (Å²) < 4.78 is 4.95. The summed E-state index contributed by atoms with van der Waals surface area (Å²) in [6, 6.07) is 7.84. The number of rotatable bonds is 7. The first-order chi connectivity index (χ1) is 12.2. The minimum absolute atomic E-state index is 0.0597. The number of aromatic nitrogens is 1. The summed E-state index contributed by atoms with van der Waals surface area (Å²) in [7, 11) is 1.63. The molecule has 8 heteroatoms. The molecule has 1 aliphatic heterocycles. The lowest BCUT2D eigenvalue weighted by atomic mass is 10.2. The fourth-order valence-electron chi connectivity index (χ4n) is 2.46. The monoisotopic (exact) mass is 377 g/mol. The number of benzene rings is 1. The molecule has 0 spiro atoms. The summed E-state index contributed by atoms with van der Waals surface area (Å²) in [6.45, 7) is 1.55. The molecule has 0 atom stereocenters. The third-order valence-electron chi connectivity index (χ3n) is 3.70. The molecule has 0 aliphatic carbocycles. The molecule has 1 aromatic carbocycles. The Morgan fingerprint density at radius 1 is 1.40 bits per heavy atom. The molecule has 0 unspecified atom stereocenters. The molecule has 1 N–H and O–H groups in total. The first-order valence-electron chi connectivity index (χ1n) is 7.93. The van der Waals surface area contributed by atoms with Gasteiger partial charge in [0.25, 0.3) is 5.91 Å². The van der Waals surface area contributed by atoms with Crippen molar-refractivity contribution in [2.45, 2.75) is 17.9 Å². The number of anilines is 1. The molecule has 2 amide bonds. The van der Waals surface area contributed by atoms with Gasteiger partial charge in [-0.15, -0.1) is 23.1 Å². The number of carbonyl (C=O) groups is 2. The molecule has 2 heterocycles. The van der Waals surface area contributed by atoms with E-state index in [1.54, 1.807) is 29.2 Å². The third-order valence-corrected chi connectivity index (χ3v) is 5.58. The van der Waals surface area contributed by atoms with Gasteiger partial charge in [0, 0.05) is 30.5 Å². The Balaban J connectivity index is 1.65. The Bertz CT molecular complexity index is 763. The number of nitrogens with one attached hydrogen (secondary N) is 1. The van der Waals surface area contributed by atoms with Crippen molar-refractivity contribution in [1.29, 1.82) is 0 Å². The van der Waals surface area contributed by atoms with Crippen LogP contribution < -0.4 is 10.2 Å². The van der Waals surface area contributed by atoms with Crippen LogP contribution in [0, 0.1) is 0 Å². The topological polar surface area (TPSA) is 71.5 Å². The highest BCUT2D eigenvalue weighted by atomic mass is 32.2. The van der Waals surface area contributed by atoms with E-state index in [2.05, 4.69) is 10.3 Å². The van der Waals surface area contributed by atoms with Gasteiger partial charge in [0.05, 0.1) is 18.0 Å². The standard InChI is InChI=1S/C17H19N3O3S2/c1-23-8-4-7-18-17(22)12-10-25-15(19-12)9-20-13-5-2-3-6-14(13)24-11-16(20)21/h2-3,5-6,10H,4,7-9,11H2,1H3,(H,18,22). The zero-order chi connectivity index (χ0) is 17.6. The summed E-state index contributed by atoms with van der Waals surface area (Å²) in [6.07, 6.45) is 0.760. The van der Waals surface area contributed by atoms with Crippen molar-refractivity contribution >= 4 is 40.6 Å². The van der Waals surface area contributed by atoms with E-state index in [-0.39, 0.29) is 11.8 Å². The number of carbonyl (C=O) groups excluding carboxylic acids is 2. The van der Waals surface area contributed by atoms with Gasteiger partial charge in [-0.1, -0.05) is 12.1 Å². The normalized spacial score (nSPS) is 13.6. The molecule has 6 nitrogen and oxygen atoms in total. The van der Waals surface area contributed by atoms with Crippen LogP contribution in [0.2, 0.25) is 0 Å². The van der Waals surface area contributed by atoms with Gasteiger partial charge in [0.2, 0.25) is 5.91 Å². The van der Waals surface area contributed by atoms with Crippen molar-refractivity contribution in [3.63, 3.8) is 0 Å². The quantitative estimate of drug-likeness (QED) is 0.751. The molecule has 3 rings (SSSR count). The van der Waals surface area contributed by atoms with Gasteiger partial charge < -0.3 is 15.0 Å². The molecular weight excluding hydrogens is 358 g/mol. The van der Waals surface area contributed by atoms with Crippen LogP contribution in [-0.2, 0) is 16.1 Å². The predicted molar refractivity (Wildman–Crippen MR) is 99.3 cm³/mol. The number of thioether (sulfide) groups is 1. The van der Waals surface area contributed by atoms with E-state index >= 15 is 0 Å². The summed E-state index contributed by atoms with van der Waals surface area (Å²) in [5.74, 6) is 0.291. The highest BCUT2D eigenvalue weighted by Crippen LogP contribution is 2.35. The lowest BCUT2D eigenvalue weighted by molar-refractivity contribution is -0.116. The molecule has 0 saturated heterocycles. The predicted octanol–water partition coefficient (Wildman–Crippen LogP) is 2.55. The SMILES string of the molecule is COCCCNC(=O)c1csc(CN2C(=O)CSc3ccccc32)n1. The first-order valence-corrected chi connectivity index (χ1v) is 9.79. The molecule has 25 heavy (non-hydrogen) atoms. The molecular formula is C17H19N3O3S2. The summed E-state index contributed by atoms with van der Waals surface area (Å²) in [5, 5.41) is 5.30. The fraction of sp³-hybridized carbons (Fsp3) is 0.353. The molecule has 1 aliphatic rings. The van der Waals surface area contributed by atoms with Gasteiger partial charge in [-0.3, -0.25) is 9.59 Å². The molecule has 0 saturated carbocycles. The second-order valence-corrected chi connectivity index (χ2v) is 7.42. The number of fused-ring (bicyclic) bond motifs is 1. The molecule has 2 aromatic rings. The van der Waals surface area contributed by atoms with Crippen LogP contribution in [0.5, 0.6) is 0 Å². The number of ether oxygens (including phenoxy) is 1. The molecule has 0 fully saturated rings. The van der Waals surface area contributed by atoms with Crippen LogP contribution in [0.4, 0.5) is 5.69 Å². The second-order valence-electron chi connectivity index (χ2n) is 5.47. The fourth-order valence-corrected chi connectivity index (χ4v) is 4.16.